The summed E-state index contributed by atoms with van der Waals surface area (Å²) in [5.41, 5.74) is 0.714. The van der Waals surface area contributed by atoms with Crippen LogP contribution in [0.4, 0.5) is 10.5 Å². The normalized spacial score (nSPS) is 29.2. The van der Waals surface area contributed by atoms with E-state index in [1.54, 1.807) is 11.0 Å². The van der Waals surface area contributed by atoms with Crippen LogP contribution in [0.15, 0.2) is 28.7 Å². The van der Waals surface area contributed by atoms with E-state index in [0.717, 1.165) is 4.47 Å². The van der Waals surface area contributed by atoms with Crippen LogP contribution >= 0.6 is 15.9 Å². The number of nitrogens with one attached hydrogen (secondary N) is 1. The van der Waals surface area contributed by atoms with Crippen molar-refractivity contribution in [3.05, 3.63) is 28.7 Å². The van der Waals surface area contributed by atoms with Gasteiger partial charge in [-0.05, 0) is 18.2 Å². The van der Waals surface area contributed by atoms with Crippen LogP contribution in [-0.4, -0.2) is 38.0 Å². The summed E-state index contributed by atoms with van der Waals surface area (Å²) < 4.78 is 24.1. The van der Waals surface area contributed by atoms with Gasteiger partial charge in [0.1, 0.15) is 0 Å². The van der Waals surface area contributed by atoms with Gasteiger partial charge >= 0.3 is 6.03 Å². The molecule has 0 aliphatic carbocycles. The van der Waals surface area contributed by atoms with E-state index in [4.69, 9.17) is 0 Å². The number of urea groups is 1. The summed E-state index contributed by atoms with van der Waals surface area (Å²) in [5, 5.41) is 2.73. The topological polar surface area (TPSA) is 66.5 Å². The zero-order chi connectivity index (χ0) is 12.9. The van der Waals surface area contributed by atoms with E-state index >= 15 is 0 Å². The number of halogens is 1. The molecule has 2 saturated heterocycles. The van der Waals surface area contributed by atoms with Crippen molar-refractivity contribution >= 4 is 37.5 Å². The lowest BCUT2D eigenvalue weighted by Crippen LogP contribution is -2.36. The Morgan fingerprint density at radius 3 is 2.83 bits per heavy atom. The molecule has 2 aliphatic heterocycles. The van der Waals surface area contributed by atoms with E-state index in [1.165, 1.54) is 0 Å². The molecule has 0 bridgehead atoms. The van der Waals surface area contributed by atoms with Crippen LogP contribution < -0.4 is 10.2 Å². The highest BCUT2D eigenvalue weighted by atomic mass is 79.9. The van der Waals surface area contributed by atoms with Crippen molar-refractivity contribution in [2.75, 3.05) is 16.4 Å². The van der Waals surface area contributed by atoms with Gasteiger partial charge < -0.3 is 5.32 Å². The number of sulfone groups is 1. The molecule has 0 unspecified atom stereocenters. The van der Waals surface area contributed by atoms with E-state index < -0.39 is 9.84 Å². The van der Waals surface area contributed by atoms with E-state index in [2.05, 4.69) is 21.2 Å². The predicted molar refractivity (Wildman–Crippen MR) is 71.4 cm³/mol. The Hall–Kier alpha value is -1.08. The molecule has 0 radical (unpaired) electrons. The lowest BCUT2D eigenvalue weighted by Gasteiger charge is -2.21. The molecular formula is C11H11BrN2O3S. The molecule has 1 aromatic carbocycles. The quantitative estimate of drug-likeness (QED) is 0.785. The molecule has 18 heavy (non-hydrogen) atoms. The van der Waals surface area contributed by atoms with Gasteiger partial charge in [-0.2, -0.15) is 0 Å². The second-order valence-corrected chi connectivity index (χ2v) is 7.62. The maximum absolute atomic E-state index is 11.9. The van der Waals surface area contributed by atoms with Gasteiger partial charge in [0.25, 0.3) is 0 Å². The second kappa shape index (κ2) is 3.96. The molecule has 0 saturated carbocycles. The first kappa shape index (κ1) is 12.0. The number of carbonyl (C=O) groups excluding carboxylic acids is 1. The Morgan fingerprint density at radius 2 is 2.11 bits per heavy atom. The fourth-order valence-corrected chi connectivity index (χ4v) is 4.81. The van der Waals surface area contributed by atoms with Gasteiger partial charge in [0.05, 0.1) is 23.6 Å². The molecule has 5 nitrogen and oxygen atoms in total. The molecule has 0 aromatic heterocycles. The Balaban J connectivity index is 1.99. The van der Waals surface area contributed by atoms with Gasteiger partial charge in [0.2, 0.25) is 0 Å². The first-order valence-corrected chi connectivity index (χ1v) is 8.13. The summed E-state index contributed by atoms with van der Waals surface area (Å²) in [6.45, 7) is 0. The number of nitrogens with zero attached hydrogens (tertiary/aromatic N) is 1. The number of fused-ring (bicyclic) bond motifs is 1. The first-order valence-electron chi connectivity index (χ1n) is 5.52. The van der Waals surface area contributed by atoms with Crippen molar-refractivity contribution in [2.24, 2.45) is 0 Å². The predicted octanol–water partition coefficient (Wildman–Crippen LogP) is 1.14. The summed E-state index contributed by atoms with van der Waals surface area (Å²) in [6, 6.07) is 6.49. The summed E-state index contributed by atoms with van der Waals surface area (Å²) in [5.74, 6) is 0.0663. The van der Waals surface area contributed by atoms with Crippen molar-refractivity contribution in [1.29, 1.82) is 0 Å². The number of rotatable bonds is 1. The maximum atomic E-state index is 11.9. The average molecular weight is 331 g/mol. The Kier molecular flexibility index (Phi) is 2.63. The molecule has 2 amide bonds. The molecule has 2 aliphatic rings. The van der Waals surface area contributed by atoms with Gasteiger partial charge in [0.15, 0.2) is 9.84 Å². The Bertz CT molecular complexity index is 616. The van der Waals surface area contributed by atoms with Crippen LogP contribution in [0.5, 0.6) is 0 Å². The molecule has 2 heterocycles. The van der Waals surface area contributed by atoms with Gasteiger partial charge in [0, 0.05) is 10.2 Å². The van der Waals surface area contributed by atoms with E-state index in [0.29, 0.717) is 5.69 Å². The highest BCUT2D eigenvalue weighted by Gasteiger charge is 2.49. The molecule has 0 spiro atoms. The fourth-order valence-electron chi connectivity index (χ4n) is 2.53. The van der Waals surface area contributed by atoms with Gasteiger partial charge in [-0.15, -0.1) is 0 Å². The minimum Gasteiger partial charge on any atom is -0.332 e. The number of hydrogen-bond donors (Lipinski definition) is 1. The highest BCUT2D eigenvalue weighted by Crippen LogP contribution is 2.30. The van der Waals surface area contributed by atoms with E-state index in [1.807, 2.05) is 18.2 Å². The van der Waals surface area contributed by atoms with Crippen LogP contribution in [0.2, 0.25) is 0 Å². The van der Waals surface area contributed by atoms with Crippen molar-refractivity contribution in [2.45, 2.75) is 12.1 Å². The van der Waals surface area contributed by atoms with Crippen molar-refractivity contribution in [3.8, 4) is 0 Å². The number of benzene rings is 1. The standard InChI is InChI=1S/C11H11BrN2O3S/c12-7-2-1-3-8(4-7)14-10-6-18(16,17)5-9(10)13-11(14)15/h1-4,9-10H,5-6H2,(H,13,15)/t9-,10-/m1/s1. The number of carbonyl (C=O) groups is 1. The monoisotopic (exact) mass is 330 g/mol. The number of anilines is 1. The zero-order valence-corrected chi connectivity index (χ0v) is 11.7. The van der Waals surface area contributed by atoms with E-state index in [-0.39, 0.29) is 29.6 Å². The molecule has 2 atom stereocenters. The lowest BCUT2D eigenvalue weighted by atomic mass is 10.1. The summed E-state index contributed by atoms with van der Waals surface area (Å²) >= 11 is 3.35. The zero-order valence-electron chi connectivity index (χ0n) is 9.34. The third-order valence-corrected chi connectivity index (χ3v) is 5.48. The van der Waals surface area contributed by atoms with Gasteiger partial charge in [-0.3, -0.25) is 4.90 Å². The Labute approximate surface area is 113 Å². The van der Waals surface area contributed by atoms with Crippen molar-refractivity contribution in [1.82, 2.24) is 5.32 Å². The van der Waals surface area contributed by atoms with Crippen LogP contribution in [0.1, 0.15) is 0 Å². The van der Waals surface area contributed by atoms with Crippen molar-refractivity contribution in [3.63, 3.8) is 0 Å². The summed E-state index contributed by atoms with van der Waals surface area (Å²) in [7, 11) is -3.05. The van der Waals surface area contributed by atoms with Crippen LogP contribution in [0.25, 0.3) is 0 Å². The third kappa shape index (κ3) is 1.91. The summed E-state index contributed by atoms with van der Waals surface area (Å²) in [4.78, 5) is 13.5. The number of amides is 2. The van der Waals surface area contributed by atoms with Crippen LogP contribution in [0.3, 0.4) is 0 Å². The molecule has 1 N–H and O–H groups in total. The van der Waals surface area contributed by atoms with Crippen LogP contribution in [-0.2, 0) is 9.84 Å². The van der Waals surface area contributed by atoms with E-state index in [9.17, 15) is 13.2 Å². The largest absolute Gasteiger partial charge is 0.332 e. The highest BCUT2D eigenvalue weighted by molar-refractivity contribution is 9.10. The van der Waals surface area contributed by atoms with Crippen molar-refractivity contribution < 1.29 is 13.2 Å². The maximum Gasteiger partial charge on any atom is 0.322 e. The molecule has 3 rings (SSSR count). The lowest BCUT2D eigenvalue weighted by molar-refractivity contribution is 0.251. The molecule has 1 aromatic rings. The number of hydrogen-bond acceptors (Lipinski definition) is 3. The molecule has 96 valence electrons. The fraction of sp³-hybridized carbons (Fsp3) is 0.364. The molecular weight excluding hydrogens is 320 g/mol. The van der Waals surface area contributed by atoms with Gasteiger partial charge in [-0.1, -0.05) is 22.0 Å². The molecule has 2 fully saturated rings. The first-order chi connectivity index (χ1) is 8.46. The van der Waals surface area contributed by atoms with Crippen LogP contribution in [0, 0.1) is 0 Å². The second-order valence-electron chi connectivity index (χ2n) is 4.55. The third-order valence-electron chi connectivity index (χ3n) is 3.27. The Morgan fingerprint density at radius 1 is 1.33 bits per heavy atom. The smallest absolute Gasteiger partial charge is 0.322 e. The summed E-state index contributed by atoms with van der Waals surface area (Å²) in [6.07, 6.45) is 0. The van der Waals surface area contributed by atoms with Gasteiger partial charge in [-0.25, -0.2) is 13.2 Å². The average Bonchev–Trinajstić information content (AvgIpc) is 2.68. The minimum absolute atomic E-state index is 0.0307. The minimum atomic E-state index is -3.05. The SMILES string of the molecule is O=C1N[C@@H]2CS(=O)(=O)C[C@H]2N1c1cccc(Br)c1. The molecule has 7 heteroatoms.